The van der Waals surface area contributed by atoms with Crippen molar-refractivity contribution in [3.05, 3.63) is 70.4 Å². The van der Waals surface area contributed by atoms with Crippen molar-refractivity contribution < 1.29 is 14.3 Å². The summed E-state index contributed by atoms with van der Waals surface area (Å²) in [6.45, 7) is 2.70. The van der Waals surface area contributed by atoms with E-state index >= 15 is 0 Å². The first-order valence-corrected chi connectivity index (χ1v) is 8.26. The third-order valence-electron chi connectivity index (χ3n) is 3.72. The zero-order chi connectivity index (χ0) is 17.8. The Morgan fingerprint density at radius 3 is 2.40 bits per heavy atom. The third kappa shape index (κ3) is 4.00. The molecule has 0 radical (unpaired) electrons. The highest BCUT2D eigenvalue weighted by atomic mass is 35.5. The molecule has 1 heterocycles. The molecule has 1 N–H and O–H groups in total. The molecule has 1 saturated heterocycles. The first-order chi connectivity index (χ1) is 12.1. The Hall–Kier alpha value is -2.79. The standard InChI is InChI=1S/C19H17ClN2O3/c1-2-25-16-9-5-13(6-10-16)11-17-18(23)22(19(24)21-17)12-14-3-7-15(20)8-4-14/h3-11H,2,12H2,1H3,(H,21,24)/b17-11+. The molecule has 0 aromatic heterocycles. The van der Waals surface area contributed by atoms with E-state index < -0.39 is 6.03 Å². The minimum atomic E-state index is -0.433. The number of urea groups is 1. The third-order valence-corrected chi connectivity index (χ3v) is 3.97. The second-order valence-electron chi connectivity index (χ2n) is 5.51. The Kier molecular flexibility index (Phi) is 5.05. The fourth-order valence-electron chi connectivity index (χ4n) is 2.48. The van der Waals surface area contributed by atoms with Gasteiger partial charge in [0.25, 0.3) is 5.91 Å². The smallest absolute Gasteiger partial charge is 0.329 e. The molecule has 0 saturated carbocycles. The normalized spacial score (nSPS) is 15.6. The summed E-state index contributed by atoms with van der Waals surface area (Å²) in [6, 6.07) is 13.9. The van der Waals surface area contributed by atoms with Crippen LogP contribution >= 0.6 is 11.6 Å². The Balaban J connectivity index is 1.74. The lowest BCUT2D eigenvalue weighted by molar-refractivity contribution is -0.123. The zero-order valence-electron chi connectivity index (χ0n) is 13.7. The highest BCUT2D eigenvalue weighted by molar-refractivity contribution is 6.30. The summed E-state index contributed by atoms with van der Waals surface area (Å²) < 4.78 is 5.39. The Labute approximate surface area is 150 Å². The number of carbonyl (C=O) groups is 2. The van der Waals surface area contributed by atoms with Crippen molar-refractivity contribution >= 4 is 29.6 Å². The molecule has 5 nitrogen and oxygen atoms in total. The summed E-state index contributed by atoms with van der Waals surface area (Å²) in [6.07, 6.45) is 1.65. The maximum absolute atomic E-state index is 12.5. The Morgan fingerprint density at radius 2 is 1.76 bits per heavy atom. The van der Waals surface area contributed by atoms with E-state index in [4.69, 9.17) is 16.3 Å². The summed E-state index contributed by atoms with van der Waals surface area (Å²) >= 11 is 5.85. The van der Waals surface area contributed by atoms with Gasteiger partial charge in [0.1, 0.15) is 11.4 Å². The quantitative estimate of drug-likeness (QED) is 0.654. The van der Waals surface area contributed by atoms with Gasteiger partial charge in [-0.15, -0.1) is 0 Å². The molecular weight excluding hydrogens is 340 g/mol. The fraction of sp³-hybridized carbons (Fsp3) is 0.158. The van der Waals surface area contributed by atoms with E-state index in [-0.39, 0.29) is 18.1 Å². The van der Waals surface area contributed by atoms with Crippen molar-refractivity contribution in [3.63, 3.8) is 0 Å². The highest BCUT2D eigenvalue weighted by Crippen LogP contribution is 2.19. The molecule has 6 heteroatoms. The van der Waals surface area contributed by atoms with E-state index in [0.717, 1.165) is 16.9 Å². The van der Waals surface area contributed by atoms with Crippen LogP contribution in [0.4, 0.5) is 4.79 Å². The van der Waals surface area contributed by atoms with E-state index in [1.54, 1.807) is 30.3 Å². The fourth-order valence-corrected chi connectivity index (χ4v) is 2.61. The predicted molar refractivity (Wildman–Crippen MR) is 96.1 cm³/mol. The van der Waals surface area contributed by atoms with Gasteiger partial charge in [-0.1, -0.05) is 35.9 Å². The van der Waals surface area contributed by atoms with Gasteiger partial charge in [0.15, 0.2) is 0 Å². The van der Waals surface area contributed by atoms with Gasteiger partial charge >= 0.3 is 6.03 Å². The van der Waals surface area contributed by atoms with Crippen LogP contribution < -0.4 is 10.1 Å². The molecule has 1 fully saturated rings. The topological polar surface area (TPSA) is 58.6 Å². The number of nitrogens with zero attached hydrogens (tertiary/aromatic N) is 1. The number of rotatable bonds is 5. The average Bonchev–Trinajstić information content (AvgIpc) is 2.86. The van der Waals surface area contributed by atoms with E-state index in [1.165, 1.54) is 4.90 Å². The predicted octanol–water partition coefficient (Wildman–Crippen LogP) is 3.83. The van der Waals surface area contributed by atoms with Gasteiger partial charge in [-0.3, -0.25) is 9.69 Å². The zero-order valence-corrected chi connectivity index (χ0v) is 14.4. The van der Waals surface area contributed by atoms with Crippen molar-refractivity contribution in [1.82, 2.24) is 10.2 Å². The van der Waals surface area contributed by atoms with Crippen LogP contribution in [0.25, 0.3) is 6.08 Å². The molecule has 1 aliphatic rings. The SMILES string of the molecule is CCOc1ccc(/C=C2/NC(=O)N(Cc3ccc(Cl)cc3)C2=O)cc1. The van der Waals surface area contributed by atoms with Crippen molar-refractivity contribution in [3.8, 4) is 5.75 Å². The first kappa shape index (κ1) is 17.0. The number of imide groups is 1. The average molecular weight is 357 g/mol. The number of hydrogen-bond donors (Lipinski definition) is 1. The van der Waals surface area contributed by atoms with Crippen LogP contribution in [0.15, 0.2) is 54.2 Å². The molecule has 0 spiro atoms. The van der Waals surface area contributed by atoms with Gasteiger partial charge in [0.2, 0.25) is 0 Å². The minimum absolute atomic E-state index is 0.197. The van der Waals surface area contributed by atoms with Crippen LogP contribution in [0.5, 0.6) is 5.75 Å². The van der Waals surface area contributed by atoms with Gasteiger partial charge in [-0.2, -0.15) is 0 Å². The van der Waals surface area contributed by atoms with Crippen LogP contribution in [-0.2, 0) is 11.3 Å². The van der Waals surface area contributed by atoms with E-state index in [9.17, 15) is 9.59 Å². The molecule has 0 aliphatic carbocycles. The molecule has 128 valence electrons. The highest BCUT2D eigenvalue weighted by Gasteiger charge is 2.33. The van der Waals surface area contributed by atoms with Gasteiger partial charge in [-0.05, 0) is 48.4 Å². The van der Waals surface area contributed by atoms with E-state index in [2.05, 4.69) is 5.32 Å². The molecule has 2 aromatic rings. The number of carbonyl (C=O) groups excluding carboxylic acids is 2. The number of hydrogen-bond acceptors (Lipinski definition) is 3. The molecular formula is C19H17ClN2O3. The molecule has 0 bridgehead atoms. The number of amides is 3. The van der Waals surface area contributed by atoms with Gasteiger partial charge in [0.05, 0.1) is 13.2 Å². The van der Waals surface area contributed by atoms with Crippen LogP contribution in [0.3, 0.4) is 0 Å². The number of benzene rings is 2. The largest absolute Gasteiger partial charge is 0.494 e. The molecule has 1 aliphatic heterocycles. The lowest BCUT2D eigenvalue weighted by Gasteiger charge is -2.11. The first-order valence-electron chi connectivity index (χ1n) is 7.88. The summed E-state index contributed by atoms with van der Waals surface area (Å²) in [5.41, 5.74) is 1.89. The summed E-state index contributed by atoms with van der Waals surface area (Å²) in [5, 5.41) is 3.22. The molecule has 0 unspecified atom stereocenters. The molecule has 25 heavy (non-hydrogen) atoms. The maximum Gasteiger partial charge on any atom is 0.329 e. The summed E-state index contributed by atoms with van der Waals surface area (Å²) in [4.78, 5) is 25.8. The van der Waals surface area contributed by atoms with Gasteiger partial charge in [0, 0.05) is 5.02 Å². The van der Waals surface area contributed by atoms with Crippen molar-refractivity contribution in [2.24, 2.45) is 0 Å². The second-order valence-corrected chi connectivity index (χ2v) is 5.94. The van der Waals surface area contributed by atoms with Crippen LogP contribution in [0, 0.1) is 0 Å². The molecule has 0 atom stereocenters. The minimum Gasteiger partial charge on any atom is -0.494 e. The van der Waals surface area contributed by atoms with Crippen molar-refractivity contribution in [2.75, 3.05) is 6.61 Å². The second kappa shape index (κ2) is 7.40. The molecule has 2 aromatic carbocycles. The van der Waals surface area contributed by atoms with Gasteiger partial charge in [-0.25, -0.2) is 4.79 Å². The molecule has 3 amide bonds. The van der Waals surface area contributed by atoms with E-state index in [1.807, 2.05) is 31.2 Å². The Bertz CT molecular complexity index is 814. The van der Waals surface area contributed by atoms with E-state index in [0.29, 0.717) is 11.6 Å². The van der Waals surface area contributed by atoms with Crippen LogP contribution in [0.2, 0.25) is 5.02 Å². The Morgan fingerprint density at radius 1 is 1.08 bits per heavy atom. The summed E-state index contributed by atoms with van der Waals surface area (Å²) in [7, 11) is 0. The van der Waals surface area contributed by atoms with Crippen molar-refractivity contribution in [1.29, 1.82) is 0 Å². The maximum atomic E-state index is 12.5. The number of nitrogens with one attached hydrogen (secondary N) is 1. The number of ether oxygens (including phenoxy) is 1. The monoisotopic (exact) mass is 356 g/mol. The van der Waals surface area contributed by atoms with Gasteiger partial charge < -0.3 is 10.1 Å². The lowest BCUT2D eigenvalue weighted by Crippen LogP contribution is -2.30. The number of halogens is 1. The van der Waals surface area contributed by atoms with Crippen LogP contribution in [0.1, 0.15) is 18.1 Å². The summed E-state index contributed by atoms with van der Waals surface area (Å²) in [5.74, 6) is 0.407. The lowest BCUT2D eigenvalue weighted by atomic mass is 10.1. The molecule has 3 rings (SSSR count). The van der Waals surface area contributed by atoms with Crippen molar-refractivity contribution in [2.45, 2.75) is 13.5 Å². The van der Waals surface area contributed by atoms with Crippen LogP contribution in [-0.4, -0.2) is 23.4 Å².